The molecule has 2 N–H and O–H groups in total. The molecule has 4 nitrogen and oxygen atoms in total. The zero-order chi connectivity index (χ0) is 8.27. The Kier molecular flexibility index (Phi) is 2.25. The number of nitrogens with zero attached hydrogens (tertiary/aromatic N) is 1. The zero-order valence-electron chi connectivity index (χ0n) is 6.35. The van der Waals surface area contributed by atoms with Crippen LogP contribution in [0.3, 0.4) is 0 Å². The van der Waals surface area contributed by atoms with Crippen LogP contribution in [-0.2, 0) is 11.2 Å². The van der Waals surface area contributed by atoms with E-state index in [4.69, 9.17) is 0 Å². The molecule has 0 aliphatic carbocycles. The molecule has 0 bridgehead atoms. The molecule has 1 heterocycles. The summed E-state index contributed by atoms with van der Waals surface area (Å²) in [5.41, 5.74) is 0.917. The minimum Gasteiger partial charge on any atom is -0.309 e. The van der Waals surface area contributed by atoms with Crippen molar-refractivity contribution in [1.29, 1.82) is 0 Å². The van der Waals surface area contributed by atoms with Gasteiger partial charge in [0.15, 0.2) is 5.82 Å². The molecule has 1 radical (unpaired) electrons. The van der Waals surface area contributed by atoms with Gasteiger partial charge in [0.2, 0.25) is 5.91 Å². The molecule has 4 heteroatoms. The third-order valence-electron chi connectivity index (χ3n) is 1.28. The Labute approximate surface area is 65.0 Å². The molecular weight excluding hydrogens is 142 g/mol. The van der Waals surface area contributed by atoms with Gasteiger partial charge in [-0.15, -0.1) is 0 Å². The second-order valence-electron chi connectivity index (χ2n) is 2.19. The van der Waals surface area contributed by atoms with Gasteiger partial charge in [0.25, 0.3) is 0 Å². The summed E-state index contributed by atoms with van der Waals surface area (Å²) in [7, 11) is 0. The molecule has 59 valence electrons. The van der Waals surface area contributed by atoms with Gasteiger partial charge >= 0.3 is 0 Å². The average Bonchev–Trinajstić information content (AvgIpc) is 2.34. The molecular formula is C7H10N3O. The van der Waals surface area contributed by atoms with Crippen molar-refractivity contribution >= 4 is 11.7 Å². The van der Waals surface area contributed by atoms with Crippen LogP contribution in [0.15, 0.2) is 6.20 Å². The van der Waals surface area contributed by atoms with Crippen LogP contribution in [0, 0.1) is 6.92 Å². The normalized spacial score (nSPS) is 9.64. The van der Waals surface area contributed by atoms with Gasteiger partial charge in [0.05, 0.1) is 0 Å². The first kappa shape index (κ1) is 7.78. The van der Waals surface area contributed by atoms with E-state index >= 15 is 0 Å². The molecule has 0 atom stereocenters. The summed E-state index contributed by atoms with van der Waals surface area (Å²) in [5.74, 6) is 0.458. The molecule has 0 saturated carbocycles. The topological polar surface area (TPSA) is 57.8 Å². The molecule has 0 aromatic carbocycles. The first-order valence-corrected chi connectivity index (χ1v) is 3.33. The van der Waals surface area contributed by atoms with Gasteiger partial charge in [-0.2, -0.15) is 5.10 Å². The number of carbonyl (C=O) groups is 1. The smallest absolute Gasteiger partial charge is 0.222 e. The van der Waals surface area contributed by atoms with E-state index in [0.29, 0.717) is 12.2 Å². The van der Waals surface area contributed by atoms with Crippen LogP contribution in [0.25, 0.3) is 0 Å². The number of hydrogen-bond donors (Lipinski definition) is 2. The Bertz CT molecular complexity index is 254. The largest absolute Gasteiger partial charge is 0.309 e. The standard InChI is InChI=1S/C7H10N3O/c1-3-6-4-8-10-7(6)9-5(2)11/h4H,1,3H2,2H3,(H2,8,9,10,11). The molecule has 0 aliphatic heterocycles. The van der Waals surface area contributed by atoms with E-state index in [1.54, 1.807) is 6.20 Å². The molecule has 11 heavy (non-hydrogen) atoms. The Hall–Kier alpha value is -1.32. The quantitative estimate of drug-likeness (QED) is 0.656. The van der Waals surface area contributed by atoms with Crippen LogP contribution in [0.1, 0.15) is 12.5 Å². The van der Waals surface area contributed by atoms with Crippen molar-refractivity contribution in [3.63, 3.8) is 0 Å². The van der Waals surface area contributed by atoms with Crippen molar-refractivity contribution in [1.82, 2.24) is 10.2 Å². The molecule has 1 rings (SSSR count). The molecule has 0 aliphatic rings. The van der Waals surface area contributed by atoms with Crippen LogP contribution in [-0.4, -0.2) is 16.1 Å². The Balaban J connectivity index is 2.76. The number of amides is 1. The summed E-state index contributed by atoms with van der Waals surface area (Å²) in [4.78, 5) is 10.6. The highest BCUT2D eigenvalue weighted by molar-refractivity contribution is 5.88. The summed E-state index contributed by atoms with van der Waals surface area (Å²) in [6.45, 7) is 5.13. The summed E-state index contributed by atoms with van der Waals surface area (Å²) in [6.07, 6.45) is 2.34. The van der Waals surface area contributed by atoms with Gasteiger partial charge in [0, 0.05) is 18.7 Å². The fraction of sp³-hybridized carbons (Fsp3) is 0.286. The number of nitrogens with one attached hydrogen (secondary N) is 2. The van der Waals surface area contributed by atoms with Crippen LogP contribution >= 0.6 is 0 Å². The maximum atomic E-state index is 10.6. The van der Waals surface area contributed by atoms with Gasteiger partial charge in [0.1, 0.15) is 0 Å². The predicted molar refractivity (Wildman–Crippen MR) is 42.0 cm³/mol. The summed E-state index contributed by atoms with van der Waals surface area (Å²) in [5, 5.41) is 9.06. The van der Waals surface area contributed by atoms with Crippen LogP contribution in [0.4, 0.5) is 5.82 Å². The van der Waals surface area contributed by atoms with E-state index in [1.165, 1.54) is 6.92 Å². The number of anilines is 1. The number of H-pyrrole nitrogens is 1. The third kappa shape index (κ3) is 1.80. The molecule has 0 spiro atoms. The average molecular weight is 152 g/mol. The molecule has 0 fully saturated rings. The van der Waals surface area contributed by atoms with E-state index in [-0.39, 0.29) is 5.91 Å². The fourth-order valence-corrected chi connectivity index (χ4v) is 0.780. The van der Waals surface area contributed by atoms with E-state index < -0.39 is 0 Å². The van der Waals surface area contributed by atoms with Gasteiger partial charge in [-0.25, -0.2) is 0 Å². The summed E-state index contributed by atoms with van der Waals surface area (Å²) >= 11 is 0. The van der Waals surface area contributed by atoms with Gasteiger partial charge in [-0.3, -0.25) is 9.89 Å². The van der Waals surface area contributed by atoms with Crippen molar-refractivity contribution < 1.29 is 4.79 Å². The van der Waals surface area contributed by atoms with Crippen molar-refractivity contribution in [2.75, 3.05) is 5.32 Å². The first-order valence-electron chi connectivity index (χ1n) is 3.33. The first-order chi connectivity index (χ1) is 5.24. The van der Waals surface area contributed by atoms with Crippen LogP contribution in [0.2, 0.25) is 0 Å². The molecule has 0 unspecified atom stereocenters. The van der Waals surface area contributed by atoms with Gasteiger partial charge in [-0.1, -0.05) is 0 Å². The molecule has 0 saturated heterocycles. The highest BCUT2D eigenvalue weighted by Gasteiger charge is 2.03. The van der Waals surface area contributed by atoms with E-state index in [0.717, 1.165) is 5.56 Å². The Morgan fingerprint density at radius 2 is 2.64 bits per heavy atom. The lowest BCUT2D eigenvalue weighted by molar-refractivity contribution is -0.114. The molecule has 1 amide bonds. The Morgan fingerprint density at radius 3 is 3.18 bits per heavy atom. The maximum Gasteiger partial charge on any atom is 0.222 e. The molecule has 1 aromatic rings. The van der Waals surface area contributed by atoms with Crippen molar-refractivity contribution in [2.45, 2.75) is 13.3 Å². The van der Waals surface area contributed by atoms with E-state index in [2.05, 4.69) is 22.4 Å². The fourth-order valence-electron chi connectivity index (χ4n) is 0.780. The van der Waals surface area contributed by atoms with E-state index in [1.807, 2.05) is 0 Å². The predicted octanol–water partition coefficient (Wildman–Crippen LogP) is 0.745. The minimum absolute atomic E-state index is 0.119. The molecule has 1 aromatic heterocycles. The number of carbonyl (C=O) groups excluding carboxylic acids is 1. The lowest BCUT2D eigenvalue weighted by Crippen LogP contribution is -2.07. The van der Waals surface area contributed by atoms with Gasteiger partial charge < -0.3 is 5.32 Å². The van der Waals surface area contributed by atoms with Gasteiger partial charge in [-0.05, 0) is 13.3 Å². The van der Waals surface area contributed by atoms with Crippen molar-refractivity contribution in [3.05, 3.63) is 18.7 Å². The monoisotopic (exact) mass is 152 g/mol. The number of aromatic amines is 1. The second-order valence-corrected chi connectivity index (χ2v) is 2.19. The minimum atomic E-state index is -0.119. The van der Waals surface area contributed by atoms with Crippen molar-refractivity contribution in [3.8, 4) is 0 Å². The summed E-state index contributed by atoms with van der Waals surface area (Å²) in [6, 6.07) is 0. The maximum absolute atomic E-state index is 10.6. The number of aromatic nitrogens is 2. The highest BCUT2D eigenvalue weighted by Crippen LogP contribution is 2.10. The second kappa shape index (κ2) is 3.18. The zero-order valence-corrected chi connectivity index (χ0v) is 6.35. The lowest BCUT2D eigenvalue weighted by Gasteiger charge is -1.97. The van der Waals surface area contributed by atoms with Crippen molar-refractivity contribution in [2.24, 2.45) is 0 Å². The lowest BCUT2D eigenvalue weighted by atomic mass is 10.2. The highest BCUT2D eigenvalue weighted by atomic mass is 16.1. The van der Waals surface area contributed by atoms with Crippen LogP contribution in [0.5, 0.6) is 0 Å². The van der Waals surface area contributed by atoms with E-state index in [9.17, 15) is 4.79 Å². The SMILES string of the molecule is [CH2]Cc1c[nH]nc1NC(C)=O. The van der Waals surface area contributed by atoms with Crippen LogP contribution < -0.4 is 5.32 Å². The third-order valence-corrected chi connectivity index (χ3v) is 1.28. The summed E-state index contributed by atoms with van der Waals surface area (Å²) < 4.78 is 0. The Morgan fingerprint density at radius 1 is 1.91 bits per heavy atom. The number of hydrogen-bond acceptors (Lipinski definition) is 2. The number of rotatable bonds is 2.